The van der Waals surface area contributed by atoms with E-state index in [4.69, 9.17) is 0 Å². The average Bonchev–Trinajstić information content (AvgIpc) is 3.23. The third-order valence-corrected chi connectivity index (χ3v) is 5.88. The molecular formula is C22H23N5OS. The van der Waals surface area contributed by atoms with Crippen LogP contribution in [0.4, 0.5) is 0 Å². The highest BCUT2D eigenvalue weighted by Crippen LogP contribution is 2.26. The Labute approximate surface area is 175 Å². The van der Waals surface area contributed by atoms with Crippen LogP contribution < -0.4 is 5.32 Å². The second kappa shape index (κ2) is 9.39. The fourth-order valence-corrected chi connectivity index (χ4v) is 3.89. The molecular weight excluding hydrogens is 382 g/mol. The number of carbonyl (C=O) groups is 1. The van der Waals surface area contributed by atoms with Gasteiger partial charge in [-0.15, -0.1) is 0 Å². The van der Waals surface area contributed by atoms with E-state index in [0.717, 1.165) is 27.9 Å². The van der Waals surface area contributed by atoms with Crippen molar-refractivity contribution in [3.05, 3.63) is 76.2 Å². The van der Waals surface area contributed by atoms with E-state index in [9.17, 15) is 10.1 Å². The Balaban J connectivity index is 1.61. The fraction of sp³-hybridized carbons (Fsp3) is 0.273. The Hall–Kier alpha value is -3.11. The summed E-state index contributed by atoms with van der Waals surface area (Å²) in [6.45, 7) is 6.90. The van der Waals surface area contributed by atoms with E-state index in [2.05, 4.69) is 21.5 Å². The maximum Gasteiger partial charge on any atom is 0.230 e. The molecule has 1 amide bonds. The van der Waals surface area contributed by atoms with Crippen molar-refractivity contribution in [2.24, 2.45) is 0 Å². The van der Waals surface area contributed by atoms with Crippen LogP contribution in [0.25, 0.3) is 0 Å². The molecule has 0 unspecified atom stereocenters. The predicted octanol–water partition coefficient (Wildman–Crippen LogP) is 3.53. The van der Waals surface area contributed by atoms with E-state index in [1.165, 1.54) is 11.8 Å². The van der Waals surface area contributed by atoms with Gasteiger partial charge in [-0.1, -0.05) is 36.0 Å². The van der Waals surface area contributed by atoms with Crippen molar-refractivity contribution < 1.29 is 4.79 Å². The summed E-state index contributed by atoms with van der Waals surface area (Å²) >= 11 is 1.30. The van der Waals surface area contributed by atoms with E-state index >= 15 is 0 Å². The zero-order valence-electron chi connectivity index (χ0n) is 16.8. The third-order valence-electron chi connectivity index (χ3n) is 4.90. The van der Waals surface area contributed by atoms with Gasteiger partial charge in [0, 0.05) is 24.6 Å². The topological polar surface area (TPSA) is 83.6 Å². The van der Waals surface area contributed by atoms with Crippen molar-refractivity contribution in [1.82, 2.24) is 20.1 Å². The van der Waals surface area contributed by atoms with Crippen LogP contribution >= 0.6 is 11.8 Å². The zero-order valence-corrected chi connectivity index (χ0v) is 17.6. The third kappa shape index (κ3) is 5.04. The van der Waals surface area contributed by atoms with Crippen molar-refractivity contribution in [2.45, 2.75) is 38.9 Å². The first-order chi connectivity index (χ1) is 14.0. The number of hydrogen-bond acceptors (Lipinski definition) is 5. The number of thioether (sulfide) groups is 1. The first-order valence-electron chi connectivity index (χ1n) is 9.31. The van der Waals surface area contributed by atoms with Crippen molar-refractivity contribution in [1.29, 1.82) is 5.26 Å². The van der Waals surface area contributed by atoms with Gasteiger partial charge in [-0.25, -0.2) is 4.98 Å². The second-order valence-corrected chi connectivity index (χ2v) is 7.74. The molecule has 0 radical (unpaired) electrons. The summed E-state index contributed by atoms with van der Waals surface area (Å²) in [5.74, 6) is 0.121. The van der Waals surface area contributed by atoms with Crippen LogP contribution in [0.3, 0.4) is 0 Å². The number of nitriles is 1. The van der Waals surface area contributed by atoms with Gasteiger partial charge in [0.25, 0.3) is 0 Å². The van der Waals surface area contributed by atoms with Gasteiger partial charge in [0.05, 0.1) is 17.9 Å². The molecule has 0 bridgehead atoms. The van der Waals surface area contributed by atoms with Crippen LogP contribution in [-0.2, 0) is 17.9 Å². The van der Waals surface area contributed by atoms with E-state index in [0.29, 0.717) is 23.7 Å². The lowest BCUT2D eigenvalue weighted by molar-refractivity contribution is -0.118. The summed E-state index contributed by atoms with van der Waals surface area (Å²) in [6, 6.07) is 12.1. The van der Waals surface area contributed by atoms with Crippen molar-refractivity contribution in [3.63, 3.8) is 0 Å². The normalized spacial score (nSPS) is 10.6. The highest BCUT2D eigenvalue weighted by Gasteiger charge is 2.14. The highest BCUT2D eigenvalue weighted by molar-refractivity contribution is 8.00. The van der Waals surface area contributed by atoms with Gasteiger partial charge in [0.2, 0.25) is 5.91 Å². The molecule has 0 fully saturated rings. The summed E-state index contributed by atoms with van der Waals surface area (Å²) < 4.78 is 1.85. The number of aryl methyl sites for hydroxylation is 1. The van der Waals surface area contributed by atoms with E-state index in [-0.39, 0.29) is 11.7 Å². The van der Waals surface area contributed by atoms with Crippen LogP contribution in [0.1, 0.15) is 33.5 Å². The predicted molar refractivity (Wildman–Crippen MR) is 114 cm³/mol. The monoisotopic (exact) mass is 405 g/mol. The summed E-state index contributed by atoms with van der Waals surface area (Å²) in [5.41, 5.74) is 5.55. The molecule has 29 heavy (non-hydrogen) atoms. The van der Waals surface area contributed by atoms with Gasteiger partial charge >= 0.3 is 0 Å². The molecule has 0 aliphatic rings. The van der Waals surface area contributed by atoms with Gasteiger partial charge in [-0.2, -0.15) is 10.4 Å². The average molecular weight is 406 g/mol. The van der Waals surface area contributed by atoms with Gasteiger partial charge in [-0.05, 0) is 49.1 Å². The minimum atomic E-state index is -0.0922. The molecule has 6 nitrogen and oxygen atoms in total. The number of pyridine rings is 1. The molecule has 3 aromatic rings. The number of benzene rings is 1. The number of rotatable bonds is 7. The van der Waals surface area contributed by atoms with Crippen LogP contribution in [0.15, 0.2) is 47.8 Å². The Bertz CT molecular complexity index is 1050. The van der Waals surface area contributed by atoms with Crippen LogP contribution in [0.2, 0.25) is 0 Å². The lowest BCUT2D eigenvalue weighted by Crippen LogP contribution is -2.25. The van der Waals surface area contributed by atoms with Gasteiger partial charge in [-0.3, -0.25) is 9.48 Å². The van der Waals surface area contributed by atoms with Crippen LogP contribution in [-0.4, -0.2) is 26.4 Å². The molecule has 0 spiro atoms. The quantitative estimate of drug-likeness (QED) is 0.608. The van der Waals surface area contributed by atoms with Gasteiger partial charge in [0.1, 0.15) is 11.1 Å². The Morgan fingerprint density at radius 1 is 1.17 bits per heavy atom. The number of hydrogen-bond donors (Lipinski definition) is 1. The second-order valence-electron chi connectivity index (χ2n) is 6.78. The number of amides is 1. The van der Waals surface area contributed by atoms with Gasteiger partial charge < -0.3 is 5.32 Å². The summed E-state index contributed by atoms with van der Waals surface area (Å²) in [7, 11) is 0. The molecule has 0 aliphatic heterocycles. The molecule has 3 rings (SSSR count). The van der Waals surface area contributed by atoms with Crippen LogP contribution in [0.5, 0.6) is 0 Å². The Kier molecular flexibility index (Phi) is 6.68. The minimum absolute atomic E-state index is 0.0922. The lowest BCUT2D eigenvalue weighted by Gasteiger charge is -2.12. The number of nitrogens with one attached hydrogen (secondary N) is 1. The molecule has 0 saturated carbocycles. The smallest absolute Gasteiger partial charge is 0.230 e. The summed E-state index contributed by atoms with van der Waals surface area (Å²) in [6.07, 6.45) is 3.66. The molecule has 1 N–H and O–H groups in total. The first-order valence-corrected chi connectivity index (χ1v) is 10.3. The van der Waals surface area contributed by atoms with Crippen molar-refractivity contribution in [3.8, 4) is 6.07 Å². The summed E-state index contributed by atoms with van der Waals surface area (Å²) in [4.78, 5) is 16.9. The number of carbonyl (C=O) groups excluding carboxylic acids is 1. The SMILES string of the molecule is Cc1nc(SCC(=O)NCc2ccccc2Cn2cccn2)c(C#N)c(C)c1C. The van der Waals surface area contributed by atoms with E-state index in [1.807, 2.05) is 62.0 Å². The Morgan fingerprint density at radius 3 is 2.62 bits per heavy atom. The first kappa shape index (κ1) is 20.6. The molecule has 0 saturated heterocycles. The molecule has 0 aliphatic carbocycles. The van der Waals surface area contributed by atoms with Gasteiger partial charge in [0.15, 0.2) is 0 Å². The minimum Gasteiger partial charge on any atom is -0.351 e. The standard InChI is InChI=1S/C22H23N5OS/c1-15-16(2)20(11-23)22(26-17(15)3)29-14-21(28)24-12-18-7-4-5-8-19(18)13-27-10-6-9-25-27/h4-10H,12-14H2,1-3H3,(H,24,28). The fourth-order valence-electron chi connectivity index (χ4n) is 2.98. The number of nitrogens with zero attached hydrogens (tertiary/aromatic N) is 4. The molecule has 7 heteroatoms. The lowest BCUT2D eigenvalue weighted by atomic mass is 10.1. The molecule has 2 heterocycles. The molecule has 0 atom stereocenters. The number of aromatic nitrogens is 3. The molecule has 1 aromatic carbocycles. The zero-order chi connectivity index (χ0) is 20.8. The molecule has 2 aromatic heterocycles. The van der Waals surface area contributed by atoms with Crippen molar-refractivity contribution >= 4 is 17.7 Å². The highest BCUT2D eigenvalue weighted by atomic mass is 32.2. The molecule has 148 valence electrons. The van der Waals surface area contributed by atoms with E-state index in [1.54, 1.807) is 6.20 Å². The van der Waals surface area contributed by atoms with E-state index < -0.39 is 0 Å². The Morgan fingerprint density at radius 2 is 1.93 bits per heavy atom. The maximum atomic E-state index is 12.4. The van der Waals surface area contributed by atoms with Crippen LogP contribution in [0, 0.1) is 32.1 Å². The summed E-state index contributed by atoms with van der Waals surface area (Å²) in [5, 5.41) is 17.3. The largest absolute Gasteiger partial charge is 0.351 e. The maximum absolute atomic E-state index is 12.4. The van der Waals surface area contributed by atoms with Crippen molar-refractivity contribution in [2.75, 3.05) is 5.75 Å².